The number of carbonyl (C=O) groups is 1. The van der Waals surface area contributed by atoms with Gasteiger partial charge in [-0.2, -0.15) is 15.4 Å². The number of nitrogens with zero attached hydrogens (tertiary/aromatic N) is 3. The summed E-state index contributed by atoms with van der Waals surface area (Å²) in [6.07, 6.45) is 4.54. The van der Waals surface area contributed by atoms with Crippen molar-refractivity contribution in [2.75, 3.05) is 13.1 Å². The van der Waals surface area contributed by atoms with E-state index in [9.17, 15) is 4.79 Å². The van der Waals surface area contributed by atoms with E-state index >= 15 is 0 Å². The first kappa shape index (κ1) is 8.93. The van der Waals surface area contributed by atoms with Crippen LogP contribution in [0.3, 0.4) is 0 Å². The molecule has 1 aliphatic heterocycles. The van der Waals surface area contributed by atoms with Gasteiger partial charge in [0.15, 0.2) is 5.69 Å². The number of H-pyrrole nitrogens is 1. The number of hydrogen-bond donors (Lipinski definition) is 1. The number of amides is 1. The Bertz CT molecular complexity index is 355. The number of rotatable bonds is 1. The average Bonchev–Trinajstić information content (AvgIpc) is 2.69. The van der Waals surface area contributed by atoms with Crippen molar-refractivity contribution in [1.82, 2.24) is 20.3 Å². The second-order valence-corrected chi connectivity index (χ2v) is 3.42. The Balaban J connectivity index is 2.10. The van der Waals surface area contributed by atoms with Gasteiger partial charge >= 0.3 is 0 Å². The second-order valence-electron chi connectivity index (χ2n) is 3.42. The third-order valence-electron chi connectivity index (χ3n) is 2.25. The lowest BCUT2D eigenvalue weighted by Gasteiger charge is -2.25. The van der Waals surface area contributed by atoms with E-state index in [0.29, 0.717) is 12.2 Å². The molecular formula is C9H12N4O. The van der Waals surface area contributed by atoms with Crippen molar-refractivity contribution in [2.45, 2.75) is 13.3 Å². The smallest absolute Gasteiger partial charge is 0.276 e. The van der Waals surface area contributed by atoms with Gasteiger partial charge in [-0.15, -0.1) is 0 Å². The van der Waals surface area contributed by atoms with Gasteiger partial charge in [0, 0.05) is 13.1 Å². The van der Waals surface area contributed by atoms with Gasteiger partial charge in [0.25, 0.3) is 5.91 Å². The van der Waals surface area contributed by atoms with Crippen molar-refractivity contribution in [2.24, 2.45) is 0 Å². The van der Waals surface area contributed by atoms with Crippen molar-refractivity contribution < 1.29 is 4.79 Å². The quantitative estimate of drug-likeness (QED) is 0.663. The summed E-state index contributed by atoms with van der Waals surface area (Å²) in [7, 11) is 0. The standard InChI is InChI=1S/C9H12N4O/c1-7-3-2-4-13(6-7)9(14)8-5-10-12-11-8/h3,5H,2,4,6H2,1H3,(H,10,11,12). The molecule has 1 aromatic heterocycles. The summed E-state index contributed by atoms with van der Waals surface area (Å²) >= 11 is 0. The van der Waals surface area contributed by atoms with Crippen molar-refractivity contribution in [3.63, 3.8) is 0 Å². The van der Waals surface area contributed by atoms with E-state index < -0.39 is 0 Å². The van der Waals surface area contributed by atoms with Crippen molar-refractivity contribution in [1.29, 1.82) is 0 Å². The fourth-order valence-electron chi connectivity index (χ4n) is 1.55. The molecule has 74 valence electrons. The monoisotopic (exact) mass is 192 g/mol. The molecule has 1 aliphatic rings. The fourth-order valence-corrected chi connectivity index (χ4v) is 1.55. The van der Waals surface area contributed by atoms with E-state index in [2.05, 4.69) is 21.5 Å². The van der Waals surface area contributed by atoms with Gasteiger partial charge in [0.05, 0.1) is 6.20 Å². The third-order valence-corrected chi connectivity index (χ3v) is 2.25. The summed E-state index contributed by atoms with van der Waals surface area (Å²) in [6, 6.07) is 0. The number of carbonyl (C=O) groups excluding carboxylic acids is 1. The van der Waals surface area contributed by atoms with Gasteiger partial charge in [-0.3, -0.25) is 4.79 Å². The maximum atomic E-state index is 11.8. The lowest BCUT2D eigenvalue weighted by molar-refractivity contribution is 0.0760. The Kier molecular flexibility index (Phi) is 2.30. The molecule has 5 heteroatoms. The van der Waals surface area contributed by atoms with E-state index in [1.165, 1.54) is 11.8 Å². The van der Waals surface area contributed by atoms with Gasteiger partial charge < -0.3 is 4.90 Å². The maximum Gasteiger partial charge on any atom is 0.276 e. The van der Waals surface area contributed by atoms with Crippen molar-refractivity contribution in [3.05, 3.63) is 23.5 Å². The van der Waals surface area contributed by atoms with E-state index in [1.54, 1.807) is 4.90 Å². The van der Waals surface area contributed by atoms with Crippen molar-refractivity contribution in [3.8, 4) is 0 Å². The Labute approximate surface area is 81.8 Å². The topological polar surface area (TPSA) is 61.9 Å². The first-order valence-corrected chi connectivity index (χ1v) is 4.58. The molecule has 1 amide bonds. The Morgan fingerprint density at radius 1 is 1.64 bits per heavy atom. The first-order valence-electron chi connectivity index (χ1n) is 4.58. The van der Waals surface area contributed by atoms with Gasteiger partial charge in [0.2, 0.25) is 0 Å². The third kappa shape index (κ3) is 1.66. The van der Waals surface area contributed by atoms with Crippen molar-refractivity contribution >= 4 is 5.91 Å². The molecule has 0 aliphatic carbocycles. The van der Waals surface area contributed by atoms with Crippen LogP contribution in [0.5, 0.6) is 0 Å². The summed E-state index contributed by atoms with van der Waals surface area (Å²) in [5.41, 5.74) is 1.62. The van der Waals surface area contributed by atoms with Crippen LogP contribution in [-0.2, 0) is 0 Å². The van der Waals surface area contributed by atoms with Crippen LogP contribution >= 0.6 is 0 Å². The van der Waals surface area contributed by atoms with E-state index in [1.807, 2.05) is 6.92 Å². The van der Waals surface area contributed by atoms with Crippen LogP contribution in [-0.4, -0.2) is 39.3 Å². The Morgan fingerprint density at radius 3 is 3.14 bits per heavy atom. The summed E-state index contributed by atoms with van der Waals surface area (Å²) < 4.78 is 0. The zero-order valence-electron chi connectivity index (χ0n) is 8.03. The largest absolute Gasteiger partial charge is 0.333 e. The molecule has 0 bridgehead atoms. The van der Waals surface area contributed by atoms with Gasteiger partial charge in [-0.1, -0.05) is 11.6 Å². The van der Waals surface area contributed by atoms with E-state index in [-0.39, 0.29) is 5.91 Å². The molecule has 0 saturated heterocycles. The normalized spacial score (nSPS) is 16.6. The molecule has 2 rings (SSSR count). The maximum absolute atomic E-state index is 11.8. The molecule has 0 atom stereocenters. The lowest BCUT2D eigenvalue weighted by atomic mass is 10.1. The van der Waals surface area contributed by atoms with Gasteiger partial charge in [-0.05, 0) is 13.3 Å². The predicted octanol–water partition coefficient (Wildman–Crippen LogP) is 0.597. The highest BCUT2D eigenvalue weighted by atomic mass is 16.2. The number of hydrogen-bond acceptors (Lipinski definition) is 3. The molecular weight excluding hydrogens is 180 g/mol. The summed E-state index contributed by atoms with van der Waals surface area (Å²) in [6.45, 7) is 3.50. The zero-order chi connectivity index (χ0) is 9.97. The molecule has 0 unspecified atom stereocenters. The zero-order valence-corrected chi connectivity index (χ0v) is 8.03. The average molecular weight is 192 g/mol. The molecule has 0 aromatic carbocycles. The van der Waals surface area contributed by atoms with Crippen LogP contribution in [0.1, 0.15) is 23.8 Å². The molecule has 0 radical (unpaired) electrons. The lowest BCUT2D eigenvalue weighted by Crippen LogP contribution is -2.35. The van der Waals surface area contributed by atoms with Crippen LogP contribution in [0.2, 0.25) is 0 Å². The number of aromatic amines is 1. The second kappa shape index (κ2) is 3.61. The SMILES string of the molecule is CC1=CCCN(C(=O)c2cn[nH]n2)C1. The highest BCUT2D eigenvalue weighted by Gasteiger charge is 2.19. The van der Waals surface area contributed by atoms with E-state index in [0.717, 1.165) is 13.0 Å². The molecule has 2 heterocycles. The first-order chi connectivity index (χ1) is 6.77. The molecule has 0 fully saturated rings. The number of aromatic nitrogens is 3. The summed E-state index contributed by atoms with van der Waals surface area (Å²) in [4.78, 5) is 13.6. The van der Waals surface area contributed by atoms with Crippen LogP contribution in [0.4, 0.5) is 0 Å². The minimum absolute atomic E-state index is 0.0498. The minimum atomic E-state index is -0.0498. The summed E-state index contributed by atoms with van der Waals surface area (Å²) in [5, 5.41) is 9.83. The van der Waals surface area contributed by atoms with Gasteiger partial charge in [0.1, 0.15) is 0 Å². The summed E-state index contributed by atoms with van der Waals surface area (Å²) in [5.74, 6) is -0.0498. The fraction of sp³-hybridized carbons (Fsp3) is 0.444. The molecule has 5 nitrogen and oxygen atoms in total. The highest BCUT2D eigenvalue weighted by Crippen LogP contribution is 2.11. The van der Waals surface area contributed by atoms with Gasteiger partial charge in [-0.25, -0.2) is 0 Å². The van der Waals surface area contributed by atoms with Crippen LogP contribution in [0.15, 0.2) is 17.8 Å². The van der Waals surface area contributed by atoms with E-state index in [4.69, 9.17) is 0 Å². The predicted molar refractivity (Wildman–Crippen MR) is 50.7 cm³/mol. The molecule has 0 spiro atoms. The molecule has 14 heavy (non-hydrogen) atoms. The Hall–Kier alpha value is -1.65. The van der Waals surface area contributed by atoms with Crippen LogP contribution in [0.25, 0.3) is 0 Å². The van der Waals surface area contributed by atoms with Crippen LogP contribution in [0, 0.1) is 0 Å². The highest BCUT2D eigenvalue weighted by molar-refractivity contribution is 5.92. The Morgan fingerprint density at radius 2 is 2.50 bits per heavy atom. The molecule has 0 saturated carbocycles. The van der Waals surface area contributed by atoms with Crippen LogP contribution < -0.4 is 0 Å². The minimum Gasteiger partial charge on any atom is -0.333 e. The molecule has 1 aromatic rings. The number of nitrogens with one attached hydrogen (secondary N) is 1. The molecule has 1 N–H and O–H groups in total.